The monoisotopic (exact) mass is 496 g/mol. The second-order valence-electron chi connectivity index (χ2n) is 8.30. The third-order valence-electron chi connectivity index (χ3n) is 6.21. The van der Waals surface area contributed by atoms with Crippen molar-refractivity contribution in [3.05, 3.63) is 132 Å². The van der Waals surface area contributed by atoms with Gasteiger partial charge in [0.05, 0.1) is 19.1 Å². The van der Waals surface area contributed by atoms with Gasteiger partial charge in [0.25, 0.3) is 0 Å². The van der Waals surface area contributed by atoms with Crippen LogP contribution in [0.5, 0.6) is 5.75 Å². The summed E-state index contributed by atoms with van der Waals surface area (Å²) in [6.45, 7) is 0. The molecule has 0 radical (unpaired) electrons. The maximum Gasteiger partial charge on any atom is 0.327 e. The van der Waals surface area contributed by atoms with Gasteiger partial charge in [0.2, 0.25) is 0 Å². The predicted octanol–water partition coefficient (Wildman–Crippen LogP) is 6.91. The molecule has 36 heavy (non-hydrogen) atoms. The summed E-state index contributed by atoms with van der Waals surface area (Å²) in [5.74, 6) is -0.363. The number of Topliss-reactive ketones (excluding diaryl/α,β-unsaturated/α-hetero) is 1. The third kappa shape index (κ3) is 5.21. The minimum absolute atomic E-state index is 0.0470. The van der Waals surface area contributed by atoms with Crippen LogP contribution in [0.2, 0.25) is 0 Å². The SMILES string of the molecule is COC(=O)C(Sc1ccccc1OC)(c1ccccc1)[C@@H](CC(=O)c1ccccc1)c1ccccc1. The summed E-state index contributed by atoms with van der Waals surface area (Å²) in [5.41, 5.74) is 2.23. The number of methoxy groups -OCH3 is 2. The second-order valence-corrected chi connectivity index (χ2v) is 9.59. The number of carbonyl (C=O) groups excluding carboxylic acids is 2. The first-order valence-corrected chi connectivity index (χ1v) is 12.5. The Bertz CT molecular complexity index is 1290. The molecular weight excluding hydrogens is 468 g/mol. The molecule has 0 aliphatic rings. The number of hydrogen-bond acceptors (Lipinski definition) is 5. The van der Waals surface area contributed by atoms with E-state index in [9.17, 15) is 9.59 Å². The molecule has 0 bridgehead atoms. The molecule has 0 saturated carbocycles. The second kappa shape index (κ2) is 11.7. The molecule has 182 valence electrons. The van der Waals surface area contributed by atoms with Crippen LogP contribution in [0, 0.1) is 0 Å². The Labute approximate surface area is 216 Å². The molecule has 0 aliphatic carbocycles. The van der Waals surface area contributed by atoms with Crippen LogP contribution in [0.4, 0.5) is 0 Å². The van der Waals surface area contributed by atoms with E-state index in [1.54, 1.807) is 19.2 Å². The maximum absolute atomic E-state index is 14.0. The zero-order chi connectivity index (χ0) is 25.4. The highest BCUT2D eigenvalue weighted by molar-refractivity contribution is 8.01. The van der Waals surface area contributed by atoms with Crippen molar-refractivity contribution in [1.82, 2.24) is 0 Å². The lowest BCUT2D eigenvalue weighted by atomic mass is 9.77. The smallest absolute Gasteiger partial charge is 0.327 e. The Morgan fingerprint density at radius 3 is 1.92 bits per heavy atom. The van der Waals surface area contributed by atoms with Crippen LogP contribution in [0.15, 0.2) is 120 Å². The fraction of sp³-hybridized carbons (Fsp3) is 0.161. The summed E-state index contributed by atoms with van der Waals surface area (Å²) in [5, 5.41) is 0. The van der Waals surface area contributed by atoms with Gasteiger partial charge in [0, 0.05) is 17.9 Å². The topological polar surface area (TPSA) is 52.6 Å². The van der Waals surface area contributed by atoms with Gasteiger partial charge in [-0.25, -0.2) is 0 Å². The number of esters is 1. The maximum atomic E-state index is 14.0. The fourth-order valence-electron chi connectivity index (χ4n) is 4.46. The van der Waals surface area contributed by atoms with Crippen molar-refractivity contribution in [3.8, 4) is 5.75 Å². The lowest BCUT2D eigenvalue weighted by molar-refractivity contribution is -0.144. The molecular formula is C31H28O4S. The van der Waals surface area contributed by atoms with Gasteiger partial charge in [-0.3, -0.25) is 9.59 Å². The molecule has 0 saturated heterocycles. The summed E-state index contributed by atoms with van der Waals surface area (Å²) < 4.78 is 9.86. The lowest BCUT2D eigenvalue weighted by Gasteiger charge is -2.38. The first kappa shape index (κ1) is 25.3. The summed E-state index contributed by atoms with van der Waals surface area (Å²) in [6.07, 6.45) is 0.111. The van der Waals surface area contributed by atoms with E-state index in [0.29, 0.717) is 11.3 Å². The van der Waals surface area contributed by atoms with Crippen LogP contribution in [0.1, 0.15) is 33.8 Å². The summed E-state index contributed by atoms with van der Waals surface area (Å²) in [7, 11) is 3.00. The summed E-state index contributed by atoms with van der Waals surface area (Å²) >= 11 is 1.36. The van der Waals surface area contributed by atoms with Crippen molar-refractivity contribution in [1.29, 1.82) is 0 Å². The Hall–Kier alpha value is -3.83. The molecule has 0 amide bonds. The molecule has 4 rings (SSSR count). The minimum atomic E-state index is -1.27. The number of hydrogen-bond donors (Lipinski definition) is 0. The van der Waals surface area contributed by atoms with Crippen molar-refractivity contribution >= 4 is 23.5 Å². The number of ether oxygens (including phenoxy) is 2. The highest BCUT2D eigenvalue weighted by atomic mass is 32.2. The molecule has 0 fully saturated rings. The highest BCUT2D eigenvalue weighted by Gasteiger charge is 2.51. The number of benzene rings is 4. The van der Waals surface area contributed by atoms with Crippen LogP contribution in [0.3, 0.4) is 0 Å². The van der Waals surface area contributed by atoms with Crippen LogP contribution in [-0.4, -0.2) is 26.0 Å². The molecule has 0 N–H and O–H groups in total. The normalized spacial score (nSPS) is 13.3. The largest absolute Gasteiger partial charge is 0.496 e. The zero-order valence-corrected chi connectivity index (χ0v) is 21.1. The Morgan fingerprint density at radius 1 is 0.750 bits per heavy atom. The predicted molar refractivity (Wildman–Crippen MR) is 144 cm³/mol. The van der Waals surface area contributed by atoms with Gasteiger partial charge in [-0.05, 0) is 23.3 Å². The molecule has 2 atom stereocenters. The van der Waals surface area contributed by atoms with E-state index in [0.717, 1.165) is 16.0 Å². The van der Waals surface area contributed by atoms with Crippen molar-refractivity contribution in [2.75, 3.05) is 14.2 Å². The van der Waals surface area contributed by atoms with E-state index in [1.165, 1.54) is 18.9 Å². The molecule has 4 aromatic carbocycles. The van der Waals surface area contributed by atoms with E-state index < -0.39 is 16.6 Å². The van der Waals surface area contributed by atoms with Gasteiger partial charge in [-0.1, -0.05) is 115 Å². The number of carbonyl (C=O) groups is 2. The van der Waals surface area contributed by atoms with Crippen molar-refractivity contribution in [2.45, 2.75) is 22.0 Å². The van der Waals surface area contributed by atoms with E-state index in [-0.39, 0.29) is 12.2 Å². The van der Waals surface area contributed by atoms with Gasteiger partial charge in [0.1, 0.15) is 10.5 Å². The third-order valence-corrected chi connectivity index (χ3v) is 7.78. The van der Waals surface area contributed by atoms with Crippen LogP contribution >= 0.6 is 11.8 Å². The molecule has 0 spiro atoms. The number of para-hydroxylation sites is 1. The molecule has 0 aromatic heterocycles. The summed E-state index contributed by atoms with van der Waals surface area (Å²) in [4.78, 5) is 28.4. The number of thioether (sulfide) groups is 1. The lowest BCUT2D eigenvalue weighted by Crippen LogP contribution is -2.41. The van der Waals surface area contributed by atoms with E-state index in [2.05, 4.69) is 0 Å². The molecule has 0 heterocycles. The number of rotatable bonds is 10. The Kier molecular flexibility index (Phi) is 8.24. The molecule has 1 unspecified atom stereocenters. The molecule has 5 heteroatoms. The summed E-state index contributed by atoms with van der Waals surface area (Å²) in [6, 6.07) is 36.0. The standard InChI is InChI=1S/C31H28O4S/c1-34-28-20-12-13-21-29(28)36-31(30(33)35-2,25-18-10-5-11-19-25)26(23-14-6-3-7-15-23)22-27(32)24-16-8-4-9-17-24/h3-21,26H,22H2,1-2H3/t26-,31?/m0/s1. The fourth-order valence-corrected chi connectivity index (χ4v) is 5.98. The first-order chi connectivity index (χ1) is 17.6. The van der Waals surface area contributed by atoms with Gasteiger partial charge >= 0.3 is 5.97 Å². The van der Waals surface area contributed by atoms with Gasteiger partial charge in [-0.2, -0.15) is 0 Å². The van der Waals surface area contributed by atoms with Gasteiger partial charge in [-0.15, -0.1) is 0 Å². The molecule has 4 nitrogen and oxygen atoms in total. The average Bonchev–Trinajstić information content (AvgIpc) is 2.96. The van der Waals surface area contributed by atoms with Crippen molar-refractivity contribution < 1.29 is 19.1 Å². The van der Waals surface area contributed by atoms with Crippen LogP contribution in [-0.2, 0) is 14.3 Å². The number of ketones is 1. The van der Waals surface area contributed by atoms with E-state index in [1.807, 2.05) is 103 Å². The Balaban J connectivity index is 1.96. The molecule has 0 aliphatic heterocycles. The van der Waals surface area contributed by atoms with Gasteiger partial charge < -0.3 is 9.47 Å². The highest BCUT2D eigenvalue weighted by Crippen LogP contribution is 2.55. The van der Waals surface area contributed by atoms with Crippen LogP contribution in [0.25, 0.3) is 0 Å². The zero-order valence-electron chi connectivity index (χ0n) is 20.3. The van der Waals surface area contributed by atoms with E-state index in [4.69, 9.17) is 9.47 Å². The molecule has 4 aromatic rings. The average molecular weight is 497 g/mol. The van der Waals surface area contributed by atoms with Gasteiger partial charge in [0.15, 0.2) is 5.78 Å². The van der Waals surface area contributed by atoms with E-state index >= 15 is 0 Å². The quantitative estimate of drug-likeness (QED) is 0.136. The van der Waals surface area contributed by atoms with Crippen molar-refractivity contribution in [3.63, 3.8) is 0 Å². The Morgan fingerprint density at radius 2 is 1.31 bits per heavy atom. The van der Waals surface area contributed by atoms with Crippen molar-refractivity contribution in [2.24, 2.45) is 0 Å². The van der Waals surface area contributed by atoms with Crippen LogP contribution < -0.4 is 4.74 Å². The minimum Gasteiger partial charge on any atom is -0.496 e. The first-order valence-electron chi connectivity index (χ1n) is 11.7.